The lowest BCUT2D eigenvalue weighted by molar-refractivity contribution is -0.130. The minimum absolute atomic E-state index is 0.278. The van der Waals surface area contributed by atoms with Crippen LogP contribution in [-0.2, 0) is 16.0 Å². The number of aromatic nitrogens is 1. The second-order valence-electron chi connectivity index (χ2n) is 7.73. The molecule has 1 aromatic heterocycles. The molecule has 0 atom stereocenters. The molecule has 0 aliphatic carbocycles. The molecule has 1 aliphatic rings. The predicted molar refractivity (Wildman–Crippen MR) is 128 cm³/mol. The lowest BCUT2D eigenvalue weighted by Gasteiger charge is -2.07. The van der Waals surface area contributed by atoms with E-state index in [1.165, 1.54) is 40.4 Å². The molecule has 2 heterocycles. The standard InChI is InChI=1S/C13H13NO4.C13H17N/c1-8-14-10(13(15)18-8)6-9-4-5-11(16-2)12(7-9)17-3;1-4-5-11-8-14-13-10(3)6-9(2)7-12(11)13/h4-7H,1-3H3;6-8,14H,4-5H2,1-3H3/b10-6-;. The molecule has 1 N–H and O–H groups in total. The molecule has 0 saturated carbocycles. The highest BCUT2D eigenvalue weighted by Crippen LogP contribution is 2.29. The van der Waals surface area contributed by atoms with E-state index in [0.717, 1.165) is 5.56 Å². The van der Waals surface area contributed by atoms with Crippen LogP contribution in [0, 0.1) is 13.8 Å². The third-order valence-electron chi connectivity index (χ3n) is 5.17. The van der Waals surface area contributed by atoms with Gasteiger partial charge in [0.25, 0.3) is 0 Å². The molecule has 168 valence electrons. The van der Waals surface area contributed by atoms with Crippen molar-refractivity contribution in [2.24, 2.45) is 4.99 Å². The predicted octanol–water partition coefficient (Wildman–Crippen LogP) is 5.76. The summed E-state index contributed by atoms with van der Waals surface area (Å²) in [5.41, 5.74) is 6.53. The minimum Gasteiger partial charge on any atom is -0.493 e. The SMILES string of the molecule is CCCc1c[nH]c2c(C)cc(C)cc12.COc1ccc(/C=C2\N=C(C)OC2=O)cc1OC. The van der Waals surface area contributed by atoms with Gasteiger partial charge in [0, 0.05) is 24.0 Å². The van der Waals surface area contributed by atoms with Crippen molar-refractivity contribution in [1.29, 1.82) is 0 Å². The number of esters is 1. The van der Waals surface area contributed by atoms with E-state index in [0.29, 0.717) is 17.4 Å². The fourth-order valence-corrected chi connectivity index (χ4v) is 3.74. The van der Waals surface area contributed by atoms with Crippen LogP contribution < -0.4 is 9.47 Å². The van der Waals surface area contributed by atoms with Gasteiger partial charge in [0.1, 0.15) is 0 Å². The molecule has 4 rings (SSSR count). The minimum atomic E-state index is -0.442. The number of aliphatic imine (C=N–C) groups is 1. The van der Waals surface area contributed by atoms with Crippen LogP contribution in [-0.4, -0.2) is 31.1 Å². The highest BCUT2D eigenvalue weighted by Gasteiger charge is 2.19. The molecule has 1 aliphatic heterocycles. The Balaban J connectivity index is 0.000000186. The third kappa shape index (κ3) is 5.19. The Morgan fingerprint density at radius 2 is 1.81 bits per heavy atom. The van der Waals surface area contributed by atoms with Crippen LogP contribution in [0.3, 0.4) is 0 Å². The lowest BCUT2D eigenvalue weighted by atomic mass is 10.0. The number of H-pyrrole nitrogens is 1. The first kappa shape index (κ1) is 23.1. The first-order valence-electron chi connectivity index (χ1n) is 10.6. The van der Waals surface area contributed by atoms with Crippen LogP contribution in [0.1, 0.15) is 42.5 Å². The molecule has 3 aromatic rings. The van der Waals surface area contributed by atoms with E-state index < -0.39 is 5.97 Å². The first-order chi connectivity index (χ1) is 15.4. The topological polar surface area (TPSA) is 72.9 Å². The Hall–Kier alpha value is -3.54. The highest BCUT2D eigenvalue weighted by molar-refractivity contribution is 6.06. The number of aryl methyl sites for hydroxylation is 3. The molecule has 6 heteroatoms. The van der Waals surface area contributed by atoms with Crippen molar-refractivity contribution in [2.75, 3.05) is 14.2 Å². The zero-order valence-electron chi connectivity index (χ0n) is 19.5. The number of carbonyl (C=O) groups excluding carboxylic acids is 1. The van der Waals surface area contributed by atoms with Gasteiger partial charge in [-0.3, -0.25) is 0 Å². The Morgan fingerprint density at radius 1 is 1.06 bits per heavy atom. The smallest absolute Gasteiger partial charge is 0.363 e. The summed E-state index contributed by atoms with van der Waals surface area (Å²) in [4.78, 5) is 18.8. The van der Waals surface area contributed by atoms with Crippen molar-refractivity contribution in [2.45, 2.75) is 40.5 Å². The number of methoxy groups -OCH3 is 2. The third-order valence-corrected chi connectivity index (χ3v) is 5.17. The van der Waals surface area contributed by atoms with Gasteiger partial charge in [0.15, 0.2) is 23.1 Å². The molecule has 0 fully saturated rings. The fourth-order valence-electron chi connectivity index (χ4n) is 3.74. The Morgan fingerprint density at radius 3 is 2.44 bits per heavy atom. The summed E-state index contributed by atoms with van der Waals surface area (Å²) in [6, 6.07) is 9.85. The second-order valence-corrected chi connectivity index (χ2v) is 7.73. The summed E-state index contributed by atoms with van der Waals surface area (Å²) in [6.07, 6.45) is 6.17. The molecule has 0 amide bonds. The number of aromatic amines is 1. The zero-order valence-corrected chi connectivity index (χ0v) is 19.5. The van der Waals surface area contributed by atoms with Crippen molar-refractivity contribution in [3.63, 3.8) is 0 Å². The van der Waals surface area contributed by atoms with E-state index in [1.807, 2.05) is 6.07 Å². The number of benzene rings is 2. The van der Waals surface area contributed by atoms with Gasteiger partial charge in [0.05, 0.1) is 14.2 Å². The van der Waals surface area contributed by atoms with E-state index in [-0.39, 0.29) is 5.70 Å². The molecule has 2 aromatic carbocycles. The second kappa shape index (κ2) is 10.2. The van der Waals surface area contributed by atoms with Crippen molar-refractivity contribution in [3.8, 4) is 11.5 Å². The number of hydrogen-bond acceptors (Lipinski definition) is 5. The van der Waals surface area contributed by atoms with Gasteiger partial charge in [-0.2, -0.15) is 0 Å². The molecule has 0 spiro atoms. The lowest BCUT2D eigenvalue weighted by Crippen LogP contribution is -1.99. The summed E-state index contributed by atoms with van der Waals surface area (Å²) in [5, 5.41) is 1.41. The summed E-state index contributed by atoms with van der Waals surface area (Å²) < 4.78 is 15.2. The number of cyclic esters (lactones) is 1. The van der Waals surface area contributed by atoms with Gasteiger partial charge in [-0.05, 0) is 61.2 Å². The van der Waals surface area contributed by atoms with E-state index in [2.05, 4.69) is 49.1 Å². The van der Waals surface area contributed by atoms with Crippen molar-refractivity contribution in [1.82, 2.24) is 4.98 Å². The van der Waals surface area contributed by atoms with Crippen molar-refractivity contribution in [3.05, 3.63) is 64.5 Å². The normalized spacial score (nSPS) is 14.1. The Kier molecular flexibility index (Phi) is 7.36. The number of carbonyl (C=O) groups is 1. The molecule has 6 nitrogen and oxygen atoms in total. The maximum Gasteiger partial charge on any atom is 0.363 e. The maximum atomic E-state index is 11.4. The van der Waals surface area contributed by atoms with Crippen LogP contribution in [0.25, 0.3) is 17.0 Å². The number of nitrogens with zero attached hydrogens (tertiary/aromatic N) is 1. The van der Waals surface area contributed by atoms with Gasteiger partial charge in [-0.25, -0.2) is 9.79 Å². The Bertz CT molecular complexity index is 1190. The van der Waals surface area contributed by atoms with Gasteiger partial charge in [-0.15, -0.1) is 0 Å². The van der Waals surface area contributed by atoms with Gasteiger partial charge in [-0.1, -0.05) is 31.0 Å². The quantitative estimate of drug-likeness (QED) is 0.409. The number of rotatable bonds is 5. The van der Waals surface area contributed by atoms with Crippen molar-refractivity contribution >= 4 is 28.8 Å². The average Bonchev–Trinajstić information content (AvgIpc) is 3.31. The number of nitrogens with one attached hydrogen (secondary N) is 1. The fraction of sp³-hybridized carbons (Fsp3) is 0.308. The van der Waals surface area contributed by atoms with E-state index >= 15 is 0 Å². The van der Waals surface area contributed by atoms with Crippen LogP contribution in [0.2, 0.25) is 0 Å². The summed E-state index contributed by atoms with van der Waals surface area (Å²) >= 11 is 0. The van der Waals surface area contributed by atoms with Gasteiger partial charge >= 0.3 is 5.97 Å². The zero-order chi connectivity index (χ0) is 23.3. The molecule has 0 radical (unpaired) electrons. The van der Waals surface area contributed by atoms with Crippen molar-refractivity contribution < 1.29 is 19.0 Å². The molecule has 0 saturated heterocycles. The highest BCUT2D eigenvalue weighted by atomic mass is 16.6. The van der Waals surface area contributed by atoms with E-state index in [1.54, 1.807) is 39.4 Å². The molecular formula is C26H30N2O4. The number of ether oxygens (including phenoxy) is 3. The summed E-state index contributed by atoms with van der Waals surface area (Å²) in [6.45, 7) is 8.19. The summed E-state index contributed by atoms with van der Waals surface area (Å²) in [5.74, 6) is 1.14. The van der Waals surface area contributed by atoms with Crippen LogP contribution >= 0.6 is 0 Å². The van der Waals surface area contributed by atoms with Gasteiger partial charge < -0.3 is 19.2 Å². The molecule has 0 bridgehead atoms. The number of fused-ring (bicyclic) bond motifs is 1. The molecule has 0 unspecified atom stereocenters. The monoisotopic (exact) mass is 434 g/mol. The first-order valence-corrected chi connectivity index (χ1v) is 10.6. The molecular weight excluding hydrogens is 404 g/mol. The summed E-state index contributed by atoms with van der Waals surface area (Å²) in [7, 11) is 3.12. The van der Waals surface area contributed by atoms with E-state index in [4.69, 9.17) is 14.2 Å². The van der Waals surface area contributed by atoms with Crippen LogP contribution in [0.15, 0.2) is 47.2 Å². The van der Waals surface area contributed by atoms with E-state index in [9.17, 15) is 4.79 Å². The average molecular weight is 435 g/mol. The number of hydrogen-bond donors (Lipinski definition) is 1. The van der Waals surface area contributed by atoms with Crippen LogP contribution in [0.4, 0.5) is 0 Å². The maximum absolute atomic E-state index is 11.4. The Labute approximate surface area is 188 Å². The van der Waals surface area contributed by atoms with Gasteiger partial charge in [0.2, 0.25) is 0 Å². The molecule has 32 heavy (non-hydrogen) atoms. The van der Waals surface area contributed by atoms with Crippen LogP contribution in [0.5, 0.6) is 11.5 Å². The largest absolute Gasteiger partial charge is 0.493 e.